The van der Waals surface area contributed by atoms with Crippen molar-refractivity contribution in [2.75, 3.05) is 6.61 Å². The zero-order valence-corrected chi connectivity index (χ0v) is 14.7. The Labute approximate surface area is 151 Å². The van der Waals surface area contributed by atoms with Gasteiger partial charge in [0.1, 0.15) is 10.6 Å². The van der Waals surface area contributed by atoms with Crippen molar-refractivity contribution >= 4 is 23.2 Å². The first kappa shape index (κ1) is 16.7. The van der Waals surface area contributed by atoms with Crippen LogP contribution in [0.5, 0.6) is 5.75 Å². The van der Waals surface area contributed by atoms with E-state index in [4.69, 9.17) is 9.84 Å². The second-order valence-corrected chi connectivity index (χ2v) is 7.18. The lowest BCUT2D eigenvalue weighted by molar-refractivity contribution is 0.00625. The Morgan fingerprint density at radius 2 is 2.31 bits per heavy atom. The maximum absolute atomic E-state index is 12.7. The molecule has 10 heteroatoms. The summed E-state index contributed by atoms with van der Waals surface area (Å²) < 4.78 is 7.08. The number of aromatic nitrogens is 2. The molecule has 4 heterocycles. The first-order valence-corrected chi connectivity index (χ1v) is 8.95. The molecule has 2 aliphatic heterocycles. The standard InChI is InChI=1S/C16H16N4O5S/c1-8-7-25-11-6-19-5-9(15(23)18-4-10-17-2-3-26-10)13(21)14(22)12(19)16(24)20(8)11/h2-3,5,8,11,22H,4,6-7H2,1H3,(H,18,23)/p+1/t8-,11+/m0/s1. The van der Waals surface area contributed by atoms with Crippen molar-refractivity contribution in [1.82, 2.24) is 19.8 Å². The lowest BCUT2D eigenvalue weighted by atomic mass is 10.1. The molecule has 0 aliphatic carbocycles. The molecule has 0 radical (unpaired) electrons. The van der Waals surface area contributed by atoms with Crippen LogP contribution in [0.4, 0.5) is 0 Å². The van der Waals surface area contributed by atoms with Crippen molar-refractivity contribution in [1.29, 1.82) is 0 Å². The van der Waals surface area contributed by atoms with Crippen LogP contribution in [-0.2, 0) is 17.8 Å². The van der Waals surface area contributed by atoms with Crippen molar-refractivity contribution in [2.24, 2.45) is 0 Å². The number of nitrogens with zero attached hydrogens (tertiary/aromatic N) is 3. The molecule has 2 aromatic heterocycles. The van der Waals surface area contributed by atoms with Gasteiger partial charge in [0.2, 0.25) is 5.69 Å². The minimum atomic E-state index is -0.757. The summed E-state index contributed by atoms with van der Waals surface area (Å²) in [5, 5.41) is 13.2. The molecular weight excluding hydrogens is 360 g/mol. The second kappa shape index (κ2) is 6.22. The minimum absolute atomic E-state index is 0.0000680. The Morgan fingerprint density at radius 3 is 3.04 bits per heavy atom. The van der Waals surface area contributed by atoms with Crippen molar-refractivity contribution in [3.05, 3.63) is 44.3 Å². The third kappa shape index (κ3) is 2.58. The summed E-state index contributed by atoms with van der Waals surface area (Å²) in [5.41, 5.74) is -0.921. The summed E-state index contributed by atoms with van der Waals surface area (Å²) in [6.45, 7) is 2.74. The van der Waals surface area contributed by atoms with E-state index in [0.29, 0.717) is 11.6 Å². The molecule has 2 atom stereocenters. The van der Waals surface area contributed by atoms with Crippen molar-refractivity contribution in [3.8, 4) is 5.75 Å². The highest BCUT2D eigenvalue weighted by Gasteiger charge is 2.44. The third-order valence-electron chi connectivity index (χ3n) is 4.51. The van der Waals surface area contributed by atoms with Gasteiger partial charge in [-0.05, 0) is 6.92 Å². The Morgan fingerprint density at radius 1 is 1.50 bits per heavy atom. The fourth-order valence-corrected chi connectivity index (χ4v) is 3.80. The normalized spacial score (nSPS) is 21.4. The number of hydrogen-bond donors (Lipinski definition) is 1. The van der Waals surface area contributed by atoms with Crippen LogP contribution in [0.2, 0.25) is 0 Å². The number of nitrogens with one attached hydrogen (secondary N) is 1. The van der Waals surface area contributed by atoms with E-state index < -0.39 is 29.2 Å². The average molecular weight is 377 g/mol. The largest absolute Gasteiger partial charge is 0.589 e. The van der Waals surface area contributed by atoms with Crippen molar-refractivity contribution < 1.29 is 19.4 Å². The number of pyridine rings is 1. The van der Waals surface area contributed by atoms with Gasteiger partial charge in [0.25, 0.3) is 17.2 Å². The molecule has 9 nitrogen and oxygen atoms in total. The quantitative estimate of drug-likeness (QED) is 0.748. The van der Waals surface area contributed by atoms with E-state index in [9.17, 15) is 14.4 Å². The Balaban J connectivity index is 1.67. The number of hydrogen-bond acceptors (Lipinski definition) is 6. The van der Waals surface area contributed by atoms with Gasteiger partial charge in [-0.25, -0.2) is 4.98 Å². The molecule has 1 fully saturated rings. The summed E-state index contributed by atoms with van der Waals surface area (Å²) in [6.07, 6.45) is 2.52. The minimum Gasteiger partial charge on any atom is -0.589 e. The van der Waals surface area contributed by atoms with Crippen LogP contribution in [0.1, 0.15) is 32.8 Å². The zero-order valence-electron chi connectivity index (χ0n) is 13.9. The molecule has 26 heavy (non-hydrogen) atoms. The molecule has 0 unspecified atom stereocenters. The summed E-state index contributed by atoms with van der Waals surface area (Å²) in [5.74, 6) is -1.47. The number of rotatable bonds is 3. The van der Waals surface area contributed by atoms with Gasteiger partial charge in [-0.1, -0.05) is 0 Å². The number of thiazole rings is 1. The fraction of sp³-hybridized carbons (Fsp3) is 0.375. The Bertz CT molecular complexity index is 939. The number of fused-ring (bicyclic) bond motifs is 2. The molecule has 1 saturated heterocycles. The summed E-state index contributed by atoms with van der Waals surface area (Å²) in [7, 11) is 0. The molecule has 0 aromatic carbocycles. The molecule has 0 spiro atoms. The fourth-order valence-electron chi connectivity index (χ4n) is 3.25. The van der Waals surface area contributed by atoms with Crippen molar-refractivity contribution in [2.45, 2.75) is 32.3 Å². The third-order valence-corrected chi connectivity index (χ3v) is 5.29. The van der Waals surface area contributed by atoms with Crippen LogP contribution >= 0.6 is 11.3 Å². The molecule has 4 rings (SSSR count). The van der Waals surface area contributed by atoms with E-state index in [2.05, 4.69) is 10.3 Å². The first-order valence-electron chi connectivity index (χ1n) is 8.07. The van der Waals surface area contributed by atoms with E-state index >= 15 is 0 Å². The summed E-state index contributed by atoms with van der Waals surface area (Å²) in [4.78, 5) is 43.2. The van der Waals surface area contributed by atoms with Crippen LogP contribution in [0.3, 0.4) is 0 Å². The molecule has 3 N–H and O–H groups in total. The van der Waals surface area contributed by atoms with Crippen LogP contribution in [0, 0.1) is 0 Å². The maximum Gasteiger partial charge on any atom is 0.333 e. The highest BCUT2D eigenvalue weighted by molar-refractivity contribution is 7.09. The van der Waals surface area contributed by atoms with Crippen LogP contribution in [-0.4, -0.2) is 50.2 Å². The van der Waals surface area contributed by atoms with Gasteiger partial charge in [0, 0.05) is 17.8 Å². The van der Waals surface area contributed by atoms with Crippen LogP contribution < -0.4 is 10.7 Å². The van der Waals surface area contributed by atoms with Gasteiger partial charge in [-0.15, -0.1) is 11.3 Å². The highest BCUT2D eigenvalue weighted by atomic mass is 32.1. The average Bonchev–Trinajstić information content (AvgIpc) is 3.26. The number of carbonyl (C=O) groups is 2. The van der Waals surface area contributed by atoms with Gasteiger partial charge >= 0.3 is 5.75 Å². The van der Waals surface area contributed by atoms with Crippen molar-refractivity contribution in [3.63, 3.8) is 0 Å². The molecule has 2 aliphatic rings. The van der Waals surface area contributed by atoms with E-state index in [1.807, 2.05) is 6.92 Å². The zero-order chi connectivity index (χ0) is 18.4. The van der Waals surface area contributed by atoms with Gasteiger partial charge in [0.05, 0.1) is 25.7 Å². The second-order valence-electron chi connectivity index (χ2n) is 6.21. The summed E-state index contributed by atoms with van der Waals surface area (Å²) in [6, 6.07) is -0.114. The maximum atomic E-state index is 12.7. The molecular formula is C16H17N4O5S+. The predicted octanol–water partition coefficient (Wildman–Crippen LogP) is -0.127. The topological polar surface area (TPSA) is 116 Å². The molecule has 0 bridgehead atoms. The smallest absolute Gasteiger partial charge is 0.333 e. The number of carbonyl (C=O) groups excluding carboxylic acids is 2. The van der Waals surface area contributed by atoms with E-state index in [0.717, 1.165) is 0 Å². The van der Waals surface area contributed by atoms with Gasteiger partial charge < -0.3 is 24.6 Å². The van der Waals surface area contributed by atoms with Gasteiger partial charge in [-0.3, -0.25) is 14.4 Å². The van der Waals surface area contributed by atoms with Gasteiger partial charge in [0.15, 0.2) is 6.23 Å². The van der Waals surface area contributed by atoms with E-state index in [1.165, 1.54) is 22.1 Å². The number of ether oxygens (including phenoxy) is 1. The monoisotopic (exact) mass is 377 g/mol. The predicted molar refractivity (Wildman–Crippen MR) is 92.4 cm³/mol. The first-order chi connectivity index (χ1) is 12.5. The highest BCUT2D eigenvalue weighted by Crippen LogP contribution is 2.29. The lowest BCUT2D eigenvalue weighted by Crippen LogP contribution is -2.49. The van der Waals surface area contributed by atoms with E-state index in [1.54, 1.807) is 16.5 Å². The molecule has 136 valence electrons. The SMILES string of the molecule is C[C@H]1CO[C@@H]2Cn3cc(C(=O)NCc4nccs4)c(=O)c([OH2+])c3C(=O)N12. The van der Waals surface area contributed by atoms with Crippen LogP contribution in [0.15, 0.2) is 22.6 Å². The summed E-state index contributed by atoms with van der Waals surface area (Å²) >= 11 is 1.39. The van der Waals surface area contributed by atoms with E-state index in [-0.39, 0.29) is 30.4 Å². The lowest BCUT2D eigenvalue weighted by Gasteiger charge is -2.32. The number of amides is 2. The molecule has 0 saturated carbocycles. The molecule has 2 aromatic rings. The Hall–Kier alpha value is -2.72. The Kier molecular flexibility index (Phi) is 4.00. The molecule has 2 amide bonds. The van der Waals surface area contributed by atoms with Gasteiger partial charge in [-0.2, -0.15) is 0 Å². The van der Waals surface area contributed by atoms with Crippen LogP contribution in [0.25, 0.3) is 0 Å².